The van der Waals surface area contributed by atoms with Crippen LogP contribution in [0.4, 0.5) is 0 Å². The molecule has 1 heterocycles. The van der Waals surface area contributed by atoms with Gasteiger partial charge in [0.25, 0.3) is 0 Å². The summed E-state index contributed by atoms with van der Waals surface area (Å²) in [5.74, 6) is 3.25. The van der Waals surface area contributed by atoms with Gasteiger partial charge in [0, 0.05) is 6.04 Å². The molecule has 1 nitrogen and oxygen atoms in total. The lowest BCUT2D eigenvalue weighted by Gasteiger charge is -2.57. The van der Waals surface area contributed by atoms with Crippen molar-refractivity contribution in [1.29, 1.82) is 0 Å². The highest BCUT2D eigenvalue weighted by Crippen LogP contribution is 2.61. The minimum absolute atomic E-state index is 0.695. The summed E-state index contributed by atoms with van der Waals surface area (Å²) in [5, 5.41) is 8.36. The third kappa shape index (κ3) is 2.94. The zero-order valence-electron chi connectivity index (χ0n) is 13.3. The topological polar surface area (TPSA) is 12.0 Å². The van der Waals surface area contributed by atoms with E-state index in [-0.39, 0.29) is 0 Å². The van der Waals surface area contributed by atoms with Crippen molar-refractivity contribution in [3.8, 4) is 0 Å². The van der Waals surface area contributed by atoms with Gasteiger partial charge in [-0.2, -0.15) is 11.3 Å². The van der Waals surface area contributed by atoms with E-state index in [1.807, 2.05) is 11.3 Å². The van der Waals surface area contributed by atoms with Gasteiger partial charge in [0.1, 0.15) is 0 Å². The Morgan fingerprint density at radius 1 is 1.19 bits per heavy atom. The molecule has 0 amide bonds. The first-order chi connectivity index (χ1) is 10.2. The van der Waals surface area contributed by atoms with Gasteiger partial charge >= 0.3 is 0 Å². The van der Waals surface area contributed by atoms with E-state index in [1.165, 1.54) is 18.4 Å². The molecule has 0 spiro atoms. The van der Waals surface area contributed by atoms with Crippen molar-refractivity contribution < 1.29 is 0 Å². The third-order valence-electron chi connectivity index (χ3n) is 6.40. The summed E-state index contributed by atoms with van der Waals surface area (Å²) in [7, 11) is 0. The summed E-state index contributed by atoms with van der Waals surface area (Å²) in [5.41, 5.74) is 2.24. The van der Waals surface area contributed by atoms with Crippen molar-refractivity contribution in [3.05, 3.63) is 22.4 Å². The van der Waals surface area contributed by atoms with Gasteiger partial charge in [-0.1, -0.05) is 6.92 Å². The van der Waals surface area contributed by atoms with Gasteiger partial charge in [-0.15, -0.1) is 0 Å². The molecule has 1 unspecified atom stereocenters. The minimum Gasteiger partial charge on any atom is -0.314 e. The first-order valence-corrected chi connectivity index (χ1v) is 9.93. The largest absolute Gasteiger partial charge is 0.314 e. The number of hydrogen-bond acceptors (Lipinski definition) is 2. The maximum Gasteiger partial charge on any atom is 0.0113 e. The summed E-state index contributed by atoms with van der Waals surface area (Å²) < 4.78 is 0. The third-order valence-corrected chi connectivity index (χ3v) is 7.13. The molecule has 4 fully saturated rings. The Labute approximate surface area is 133 Å². The molecular formula is C19H29NS. The highest BCUT2D eigenvalue weighted by atomic mass is 32.1. The van der Waals surface area contributed by atoms with E-state index in [0.717, 1.165) is 24.3 Å². The lowest BCUT2D eigenvalue weighted by Crippen LogP contribution is -2.49. The fourth-order valence-corrected chi connectivity index (χ4v) is 6.94. The van der Waals surface area contributed by atoms with E-state index in [4.69, 9.17) is 0 Å². The second-order valence-corrected chi connectivity index (χ2v) is 8.99. The van der Waals surface area contributed by atoms with Gasteiger partial charge in [-0.25, -0.2) is 0 Å². The molecule has 116 valence electrons. The summed E-state index contributed by atoms with van der Waals surface area (Å²) in [4.78, 5) is 0. The summed E-state index contributed by atoms with van der Waals surface area (Å²) in [6.45, 7) is 3.38. The molecular weight excluding hydrogens is 274 g/mol. The SMILES string of the molecule is CCNC(Cc1ccsc1)CC12CC3CC(CC(C3)C1)C2. The second kappa shape index (κ2) is 5.70. The molecule has 0 saturated heterocycles. The Bertz CT molecular complexity index is 429. The zero-order chi connectivity index (χ0) is 14.3. The van der Waals surface area contributed by atoms with Gasteiger partial charge in [-0.3, -0.25) is 0 Å². The molecule has 0 radical (unpaired) electrons. The van der Waals surface area contributed by atoms with E-state index in [0.29, 0.717) is 11.5 Å². The number of likely N-dealkylation sites (N-methyl/N-ethyl adjacent to an activating group) is 1. The standard InChI is InChI=1S/C19H29NS/c1-2-20-18(8-14-3-4-21-13-14)12-19-9-15-5-16(10-19)7-17(6-15)11-19/h3-4,13,15-18,20H,2,5-12H2,1H3. The van der Waals surface area contributed by atoms with E-state index in [1.54, 1.807) is 38.5 Å². The van der Waals surface area contributed by atoms with Gasteiger partial charge in [-0.05, 0) is 103 Å². The predicted molar refractivity (Wildman–Crippen MR) is 90.7 cm³/mol. The molecule has 2 heteroatoms. The molecule has 4 bridgehead atoms. The summed E-state index contributed by atoms with van der Waals surface area (Å²) in [6.07, 6.45) is 12.0. The van der Waals surface area contributed by atoms with Gasteiger partial charge in [0.2, 0.25) is 0 Å². The lowest BCUT2D eigenvalue weighted by atomic mass is 9.48. The van der Waals surface area contributed by atoms with Crippen molar-refractivity contribution in [3.63, 3.8) is 0 Å². The summed E-state index contributed by atoms with van der Waals surface area (Å²) in [6, 6.07) is 3.01. The van der Waals surface area contributed by atoms with Crippen molar-refractivity contribution in [1.82, 2.24) is 5.32 Å². The van der Waals surface area contributed by atoms with Crippen molar-refractivity contribution in [2.75, 3.05) is 6.54 Å². The van der Waals surface area contributed by atoms with Crippen LogP contribution in [0.15, 0.2) is 16.8 Å². The molecule has 1 aromatic heterocycles. The quantitative estimate of drug-likeness (QED) is 0.790. The molecule has 21 heavy (non-hydrogen) atoms. The number of rotatable bonds is 6. The maximum atomic E-state index is 3.80. The number of thiophene rings is 1. The first kappa shape index (κ1) is 14.3. The summed E-state index contributed by atoms with van der Waals surface area (Å²) >= 11 is 1.84. The Morgan fingerprint density at radius 3 is 2.38 bits per heavy atom. The van der Waals surface area contributed by atoms with Crippen molar-refractivity contribution in [2.24, 2.45) is 23.2 Å². The molecule has 0 aliphatic heterocycles. The van der Waals surface area contributed by atoms with Crippen LogP contribution < -0.4 is 5.32 Å². The molecule has 4 aliphatic carbocycles. The normalized spacial score (nSPS) is 38.8. The molecule has 1 N–H and O–H groups in total. The Kier molecular flexibility index (Phi) is 3.87. The molecule has 4 saturated carbocycles. The van der Waals surface area contributed by atoms with Crippen LogP contribution in [0.3, 0.4) is 0 Å². The average molecular weight is 304 g/mol. The van der Waals surface area contributed by atoms with Gasteiger partial charge in [0.15, 0.2) is 0 Å². The van der Waals surface area contributed by atoms with Crippen LogP contribution in [0.2, 0.25) is 0 Å². The fraction of sp³-hybridized carbons (Fsp3) is 0.789. The second-order valence-electron chi connectivity index (χ2n) is 8.21. The smallest absolute Gasteiger partial charge is 0.0113 e. The Hall–Kier alpha value is -0.340. The fourth-order valence-electron chi connectivity index (χ4n) is 6.26. The Balaban J connectivity index is 1.47. The Morgan fingerprint density at radius 2 is 1.86 bits per heavy atom. The van der Waals surface area contributed by atoms with Crippen LogP contribution in [0.25, 0.3) is 0 Å². The zero-order valence-corrected chi connectivity index (χ0v) is 14.1. The van der Waals surface area contributed by atoms with E-state index in [2.05, 4.69) is 29.1 Å². The first-order valence-electron chi connectivity index (χ1n) is 8.99. The highest BCUT2D eigenvalue weighted by Gasteiger charge is 2.51. The van der Waals surface area contributed by atoms with Crippen molar-refractivity contribution >= 4 is 11.3 Å². The number of nitrogens with one attached hydrogen (secondary N) is 1. The maximum absolute atomic E-state index is 3.80. The van der Waals surface area contributed by atoms with Gasteiger partial charge < -0.3 is 5.32 Å². The molecule has 5 rings (SSSR count). The van der Waals surface area contributed by atoms with Crippen molar-refractivity contribution in [2.45, 2.75) is 64.3 Å². The monoisotopic (exact) mass is 303 g/mol. The predicted octanol–water partition coefficient (Wildman–Crippen LogP) is 4.88. The minimum atomic E-state index is 0.695. The lowest BCUT2D eigenvalue weighted by molar-refractivity contribution is -0.0619. The van der Waals surface area contributed by atoms with E-state index in [9.17, 15) is 0 Å². The van der Waals surface area contributed by atoms with Gasteiger partial charge in [0.05, 0.1) is 0 Å². The molecule has 1 atom stereocenters. The van der Waals surface area contributed by atoms with Crippen LogP contribution in [0, 0.1) is 23.2 Å². The van der Waals surface area contributed by atoms with Crippen LogP contribution in [0.1, 0.15) is 57.4 Å². The van der Waals surface area contributed by atoms with Crippen LogP contribution >= 0.6 is 11.3 Å². The van der Waals surface area contributed by atoms with Crippen LogP contribution in [0.5, 0.6) is 0 Å². The van der Waals surface area contributed by atoms with E-state index < -0.39 is 0 Å². The number of hydrogen-bond donors (Lipinski definition) is 1. The average Bonchev–Trinajstić information content (AvgIpc) is 2.89. The molecule has 4 aliphatic rings. The van der Waals surface area contributed by atoms with Crippen LogP contribution in [-0.2, 0) is 6.42 Å². The molecule has 1 aromatic rings. The highest BCUT2D eigenvalue weighted by molar-refractivity contribution is 7.07. The molecule has 0 aromatic carbocycles. The van der Waals surface area contributed by atoms with Crippen LogP contribution in [-0.4, -0.2) is 12.6 Å². The van der Waals surface area contributed by atoms with E-state index >= 15 is 0 Å².